The van der Waals surface area contributed by atoms with E-state index in [1.54, 1.807) is 63.4 Å². The van der Waals surface area contributed by atoms with Gasteiger partial charge in [-0.3, -0.25) is 4.90 Å². The smallest absolute Gasteiger partial charge is 0.416 e. The van der Waals surface area contributed by atoms with E-state index in [9.17, 15) is 9.90 Å². The molecule has 1 atom stereocenters. The lowest BCUT2D eigenvalue weighted by atomic mass is 10.0. The Hall–Kier alpha value is -3.69. The fourth-order valence-corrected chi connectivity index (χ4v) is 3.21. The molecule has 164 valence electrons. The molecule has 6 nitrogen and oxygen atoms in total. The molecule has 0 saturated carbocycles. The summed E-state index contributed by atoms with van der Waals surface area (Å²) in [7, 11) is 0. The maximum atomic E-state index is 13.0. The van der Waals surface area contributed by atoms with E-state index in [2.05, 4.69) is 11.1 Å². The Bertz CT molecular complexity index is 1130. The van der Waals surface area contributed by atoms with Crippen LogP contribution in [0.4, 0.5) is 10.6 Å². The maximum Gasteiger partial charge on any atom is 0.416 e. The van der Waals surface area contributed by atoms with Crippen LogP contribution in [-0.2, 0) is 11.3 Å². The lowest BCUT2D eigenvalue weighted by molar-refractivity contribution is 0.0576. The number of hydrogen-bond donors (Lipinski definition) is 1. The third kappa shape index (κ3) is 5.93. The molecule has 0 fully saturated rings. The first-order valence-electron chi connectivity index (χ1n) is 10.4. The lowest BCUT2D eigenvalue weighted by Gasteiger charge is -2.27. The summed E-state index contributed by atoms with van der Waals surface area (Å²) in [6, 6.07) is 20.2. The van der Waals surface area contributed by atoms with Crippen molar-refractivity contribution in [3.8, 4) is 6.07 Å². The number of aromatic nitrogens is 1. The van der Waals surface area contributed by atoms with Gasteiger partial charge in [-0.2, -0.15) is 5.26 Å². The Kier molecular flexibility index (Phi) is 6.92. The predicted octanol–water partition coefficient (Wildman–Crippen LogP) is 5.29. The van der Waals surface area contributed by atoms with Crippen molar-refractivity contribution in [2.45, 2.75) is 45.9 Å². The molecule has 0 saturated heterocycles. The Morgan fingerprint density at radius 3 is 2.44 bits per heavy atom. The number of pyridine rings is 1. The molecule has 1 N–H and O–H groups in total. The Labute approximate surface area is 188 Å². The number of rotatable bonds is 5. The number of nitriles is 1. The summed E-state index contributed by atoms with van der Waals surface area (Å²) in [6.45, 7) is 7.58. The molecule has 2 aromatic carbocycles. The summed E-state index contributed by atoms with van der Waals surface area (Å²) >= 11 is 0. The molecule has 0 aliphatic heterocycles. The van der Waals surface area contributed by atoms with Crippen molar-refractivity contribution in [3.05, 3.63) is 94.7 Å². The van der Waals surface area contributed by atoms with Gasteiger partial charge in [0.1, 0.15) is 17.5 Å². The molecule has 0 aliphatic carbocycles. The summed E-state index contributed by atoms with van der Waals surface area (Å²) in [6.07, 6.45) is 0.170. The van der Waals surface area contributed by atoms with Crippen LogP contribution in [0.25, 0.3) is 0 Å². The summed E-state index contributed by atoms with van der Waals surface area (Å²) in [4.78, 5) is 18.8. The minimum absolute atomic E-state index is 0.206. The van der Waals surface area contributed by atoms with E-state index >= 15 is 0 Å². The summed E-state index contributed by atoms with van der Waals surface area (Å²) in [5.74, 6) is 0.368. The number of amides is 1. The monoisotopic (exact) mass is 429 g/mol. The van der Waals surface area contributed by atoms with Crippen LogP contribution in [-0.4, -0.2) is 21.8 Å². The van der Waals surface area contributed by atoms with Crippen molar-refractivity contribution in [2.24, 2.45) is 0 Å². The molecule has 3 rings (SSSR count). The first-order chi connectivity index (χ1) is 15.2. The largest absolute Gasteiger partial charge is 0.443 e. The van der Waals surface area contributed by atoms with Crippen molar-refractivity contribution in [1.29, 1.82) is 5.26 Å². The molecule has 1 unspecified atom stereocenters. The third-order valence-electron chi connectivity index (χ3n) is 4.76. The molecule has 0 bridgehead atoms. The molecule has 1 heterocycles. The number of benzene rings is 2. The van der Waals surface area contributed by atoms with E-state index in [0.717, 1.165) is 16.7 Å². The second-order valence-electron chi connectivity index (χ2n) is 8.64. The molecule has 0 spiro atoms. The highest BCUT2D eigenvalue weighted by atomic mass is 16.6. The highest BCUT2D eigenvalue weighted by Gasteiger charge is 2.25. The van der Waals surface area contributed by atoms with E-state index < -0.39 is 17.8 Å². The van der Waals surface area contributed by atoms with Crippen LogP contribution in [0.5, 0.6) is 0 Å². The van der Waals surface area contributed by atoms with Gasteiger partial charge in [0.2, 0.25) is 0 Å². The van der Waals surface area contributed by atoms with Gasteiger partial charge >= 0.3 is 6.09 Å². The molecule has 32 heavy (non-hydrogen) atoms. The van der Waals surface area contributed by atoms with E-state index in [1.807, 2.05) is 31.2 Å². The number of aliphatic hydroxyl groups excluding tert-OH is 1. The van der Waals surface area contributed by atoms with Gasteiger partial charge in [-0.15, -0.1) is 0 Å². The van der Waals surface area contributed by atoms with E-state index in [1.165, 1.54) is 4.90 Å². The SMILES string of the molecule is Cc1cccc(C(O)c2ccnc(N(Cc3ccc(C#N)cc3)C(=O)OC(C)(C)C)c2)c1. The van der Waals surface area contributed by atoms with Gasteiger partial charge < -0.3 is 9.84 Å². The summed E-state index contributed by atoms with van der Waals surface area (Å²) in [5.41, 5.74) is 3.11. The fraction of sp³-hybridized carbons (Fsp3) is 0.269. The van der Waals surface area contributed by atoms with Crippen LogP contribution in [0.1, 0.15) is 54.7 Å². The van der Waals surface area contributed by atoms with Crippen LogP contribution in [0.2, 0.25) is 0 Å². The zero-order chi connectivity index (χ0) is 23.3. The van der Waals surface area contributed by atoms with Crippen LogP contribution in [0.3, 0.4) is 0 Å². The number of aryl methyl sites for hydroxylation is 1. The van der Waals surface area contributed by atoms with Crippen LogP contribution in [0.15, 0.2) is 66.9 Å². The second-order valence-corrected chi connectivity index (χ2v) is 8.64. The molecular weight excluding hydrogens is 402 g/mol. The fourth-order valence-electron chi connectivity index (χ4n) is 3.21. The van der Waals surface area contributed by atoms with Crippen molar-refractivity contribution < 1.29 is 14.6 Å². The zero-order valence-corrected chi connectivity index (χ0v) is 18.7. The molecule has 1 aromatic heterocycles. The van der Waals surface area contributed by atoms with E-state index in [0.29, 0.717) is 16.9 Å². The number of hydrogen-bond acceptors (Lipinski definition) is 5. The number of carbonyl (C=O) groups is 1. The first kappa shape index (κ1) is 23.0. The van der Waals surface area contributed by atoms with Gasteiger partial charge in [-0.25, -0.2) is 9.78 Å². The van der Waals surface area contributed by atoms with Crippen LogP contribution < -0.4 is 4.90 Å². The molecule has 6 heteroatoms. The van der Waals surface area contributed by atoms with Gasteiger partial charge in [0.05, 0.1) is 18.2 Å². The molecule has 0 radical (unpaired) electrons. The zero-order valence-electron chi connectivity index (χ0n) is 18.7. The highest BCUT2D eigenvalue weighted by molar-refractivity contribution is 5.86. The topological polar surface area (TPSA) is 86.5 Å². The summed E-state index contributed by atoms with van der Waals surface area (Å²) < 4.78 is 5.60. The van der Waals surface area contributed by atoms with Crippen LogP contribution in [0, 0.1) is 18.3 Å². The minimum atomic E-state index is -0.855. The number of ether oxygens (including phenoxy) is 1. The quantitative estimate of drug-likeness (QED) is 0.596. The van der Waals surface area contributed by atoms with Gasteiger partial charge in [0.25, 0.3) is 0 Å². The average molecular weight is 430 g/mol. The van der Waals surface area contributed by atoms with Gasteiger partial charge in [0, 0.05) is 6.20 Å². The van der Waals surface area contributed by atoms with Gasteiger partial charge in [-0.05, 0) is 68.7 Å². The van der Waals surface area contributed by atoms with Crippen molar-refractivity contribution in [3.63, 3.8) is 0 Å². The van der Waals surface area contributed by atoms with E-state index in [-0.39, 0.29) is 6.54 Å². The molecule has 3 aromatic rings. The molecule has 1 amide bonds. The molecular formula is C26H27N3O3. The number of aliphatic hydroxyl groups is 1. The van der Waals surface area contributed by atoms with E-state index in [4.69, 9.17) is 10.00 Å². The summed E-state index contributed by atoms with van der Waals surface area (Å²) in [5, 5.41) is 19.9. The highest BCUT2D eigenvalue weighted by Crippen LogP contribution is 2.27. The molecule has 0 aliphatic rings. The van der Waals surface area contributed by atoms with Crippen molar-refractivity contribution >= 4 is 11.9 Å². The standard InChI is InChI=1S/C26H27N3O3/c1-18-6-5-7-21(14-18)24(30)22-12-13-28-23(15-22)29(25(31)32-26(2,3)4)17-20-10-8-19(16-27)9-11-20/h5-15,24,30H,17H2,1-4H3. The predicted molar refractivity (Wildman–Crippen MR) is 123 cm³/mol. The number of anilines is 1. The second kappa shape index (κ2) is 9.63. The first-order valence-corrected chi connectivity index (χ1v) is 10.4. The van der Waals surface area contributed by atoms with Gasteiger partial charge in [0.15, 0.2) is 0 Å². The minimum Gasteiger partial charge on any atom is -0.443 e. The normalized spacial score (nSPS) is 12.0. The third-order valence-corrected chi connectivity index (χ3v) is 4.76. The number of nitrogens with zero attached hydrogens (tertiary/aromatic N) is 3. The lowest BCUT2D eigenvalue weighted by Crippen LogP contribution is -2.37. The Morgan fingerprint density at radius 2 is 1.81 bits per heavy atom. The van der Waals surface area contributed by atoms with Crippen molar-refractivity contribution in [1.82, 2.24) is 4.98 Å². The Balaban J connectivity index is 1.95. The van der Waals surface area contributed by atoms with Crippen molar-refractivity contribution in [2.75, 3.05) is 4.90 Å². The maximum absolute atomic E-state index is 13.0. The average Bonchev–Trinajstić information content (AvgIpc) is 2.76. The van der Waals surface area contributed by atoms with Gasteiger partial charge in [-0.1, -0.05) is 42.0 Å². The number of carbonyl (C=O) groups excluding carboxylic acids is 1. The Morgan fingerprint density at radius 1 is 1.12 bits per heavy atom. The van der Waals surface area contributed by atoms with Crippen LogP contribution >= 0.6 is 0 Å².